The number of carbonyl (C=O) groups is 2. The van der Waals surface area contributed by atoms with Crippen LogP contribution >= 0.6 is 0 Å². The standard InChI is InChI=1S/C26H26F3N5O3/c1-37-22-10-3-18(4-11-22)24(35)34-14-2-13-33(15-16-34)23-12-9-21(17-30-23)32-25(36)31-20-7-5-19(6-8-20)26(27,28)29/h3-12,17H,2,13-16H2,1H3,(H2,31,32,36). The van der Waals surface area contributed by atoms with Crippen LogP contribution in [0.3, 0.4) is 0 Å². The predicted octanol–water partition coefficient (Wildman–Crippen LogP) is 5.11. The average Bonchev–Trinajstić information content (AvgIpc) is 3.15. The molecule has 0 bridgehead atoms. The Morgan fingerprint density at radius 3 is 2.16 bits per heavy atom. The number of nitrogens with one attached hydrogen (secondary N) is 2. The molecule has 1 saturated heterocycles. The molecule has 4 rings (SSSR count). The van der Waals surface area contributed by atoms with E-state index in [4.69, 9.17) is 4.74 Å². The minimum Gasteiger partial charge on any atom is -0.497 e. The van der Waals surface area contributed by atoms with Gasteiger partial charge in [-0.15, -0.1) is 0 Å². The summed E-state index contributed by atoms with van der Waals surface area (Å²) in [5, 5.41) is 5.10. The van der Waals surface area contributed by atoms with Crippen LogP contribution in [-0.2, 0) is 6.18 Å². The van der Waals surface area contributed by atoms with Gasteiger partial charge in [0.25, 0.3) is 5.91 Å². The van der Waals surface area contributed by atoms with Crippen LogP contribution in [0.25, 0.3) is 0 Å². The van der Waals surface area contributed by atoms with E-state index in [-0.39, 0.29) is 11.6 Å². The molecule has 2 aromatic carbocycles. The minimum atomic E-state index is -4.44. The highest BCUT2D eigenvalue weighted by atomic mass is 19.4. The Morgan fingerprint density at radius 1 is 0.865 bits per heavy atom. The normalized spacial score (nSPS) is 14.1. The number of urea groups is 1. The smallest absolute Gasteiger partial charge is 0.416 e. The number of benzene rings is 2. The van der Waals surface area contributed by atoms with Crippen LogP contribution in [-0.4, -0.2) is 55.1 Å². The first-order valence-electron chi connectivity index (χ1n) is 11.6. The van der Waals surface area contributed by atoms with Gasteiger partial charge in [0.15, 0.2) is 0 Å². The first kappa shape index (κ1) is 25.8. The van der Waals surface area contributed by atoms with Crippen molar-refractivity contribution in [1.82, 2.24) is 9.88 Å². The number of methoxy groups -OCH3 is 1. The molecule has 1 aliphatic heterocycles. The average molecular weight is 514 g/mol. The molecule has 1 aromatic heterocycles. The van der Waals surface area contributed by atoms with Gasteiger partial charge in [-0.2, -0.15) is 13.2 Å². The number of rotatable bonds is 5. The Kier molecular flexibility index (Phi) is 7.80. The summed E-state index contributed by atoms with van der Waals surface area (Å²) < 4.78 is 43.2. The number of ether oxygens (including phenoxy) is 1. The molecule has 0 aliphatic carbocycles. The number of halogens is 3. The second-order valence-electron chi connectivity index (χ2n) is 8.42. The van der Waals surface area contributed by atoms with E-state index in [0.29, 0.717) is 42.5 Å². The lowest BCUT2D eigenvalue weighted by molar-refractivity contribution is -0.137. The Bertz CT molecular complexity index is 1220. The van der Waals surface area contributed by atoms with E-state index >= 15 is 0 Å². The van der Waals surface area contributed by atoms with E-state index in [0.717, 1.165) is 25.1 Å². The van der Waals surface area contributed by atoms with Gasteiger partial charge in [0.05, 0.1) is 24.6 Å². The van der Waals surface area contributed by atoms with Gasteiger partial charge < -0.3 is 25.2 Å². The fourth-order valence-corrected chi connectivity index (χ4v) is 3.95. The maximum absolute atomic E-state index is 12.9. The predicted molar refractivity (Wildman–Crippen MR) is 134 cm³/mol. The zero-order chi connectivity index (χ0) is 26.4. The third-order valence-electron chi connectivity index (χ3n) is 5.92. The molecule has 2 N–H and O–H groups in total. The number of carbonyl (C=O) groups excluding carboxylic acids is 2. The number of hydrogen-bond acceptors (Lipinski definition) is 5. The summed E-state index contributed by atoms with van der Waals surface area (Å²) in [6.45, 7) is 2.50. The Morgan fingerprint density at radius 2 is 1.54 bits per heavy atom. The maximum atomic E-state index is 12.9. The molecule has 8 nitrogen and oxygen atoms in total. The number of alkyl halides is 3. The molecule has 3 amide bonds. The number of hydrogen-bond donors (Lipinski definition) is 2. The van der Waals surface area contributed by atoms with Gasteiger partial charge in [-0.3, -0.25) is 4.79 Å². The van der Waals surface area contributed by atoms with Crippen molar-refractivity contribution < 1.29 is 27.5 Å². The summed E-state index contributed by atoms with van der Waals surface area (Å²) in [6, 6.07) is 14.1. The van der Waals surface area contributed by atoms with E-state index in [1.54, 1.807) is 43.5 Å². The van der Waals surface area contributed by atoms with Crippen molar-refractivity contribution in [3.8, 4) is 5.75 Å². The summed E-state index contributed by atoms with van der Waals surface area (Å²) >= 11 is 0. The lowest BCUT2D eigenvalue weighted by Gasteiger charge is -2.23. The summed E-state index contributed by atoms with van der Waals surface area (Å²) in [5.41, 5.74) is 0.477. The Labute approximate surface area is 212 Å². The summed E-state index contributed by atoms with van der Waals surface area (Å²) in [7, 11) is 1.58. The molecule has 0 spiro atoms. The second-order valence-corrected chi connectivity index (χ2v) is 8.42. The molecule has 0 atom stereocenters. The summed E-state index contributed by atoms with van der Waals surface area (Å²) in [6.07, 6.45) is -2.15. The van der Waals surface area contributed by atoms with Gasteiger partial charge in [-0.25, -0.2) is 9.78 Å². The number of amides is 3. The monoisotopic (exact) mass is 513 g/mol. The maximum Gasteiger partial charge on any atom is 0.416 e. The molecular formula is C26H26F3N5O3. The highest BCUT2D eigenvalue weighted by Gasteiger charge is 2.30. The van der Waals surface area contributed by atoms with Crippen molar-refractivity contribution in [2.24, 2.45) is 0 Å². The van der Waals surface area contributed by atoms with Crippen LogP contribution in [0, 0.1) is 0 Å². The minimum absolute atomic E-state index is 0.0314. The van der Waals surface area contributed by atoms with Crippen molar-refractivity contribution >= 4 is 29.1 Å². The van der Waals surface area contributed by atoms with E-state index < -0.39 is 17.8 Å². The molecular weight excluding hydrogens is 487 g/mol. The third kappa shape index (κ3) is 6.69. The van der Waals surface area contributed by atoms with Gasteiger partial charge in [0, 0.05) is 37.4 Å². The zero-order valence-corrected chi connectivity index (χ0v) is 20.1. The quantitative estimate of drug-likeness (QED) is 0.496. The van der Waals surface area contributed by atoms with Gasteiger partial charge in [-0.05, 0) is 67.1 Å². The molecule has 0 saturated carbocycles. The fourth-order valence-electron chi connectivity index (χ4n) is 3.95. The topological polar surface area (TPSA) is 86.8 Å². The van der Waals surface area contributed by atoms with E-state index in [2.05, 4.69) is 20.5 Å². The first-order chi connectivity index (χ1) is 17.7. The van der Waals surface area contributed by atoms with Crippen molar-refractivity contribution in [3.05, 3.63) is 78.0 Å². The van der Waals surface area contributed by atoms with Gasteiger partial charge in [0.2, 0.25) is 0 Å². The van der Waals surface area contributed by atoms with Gasteiger partial charge in [-0.1, -0.05) is 0 Å². The number of aromatic nitrogens is 1. The number of anilines is 3. The highest BCUT2D eigenvalue weighted by molar-refractivity contribution is 5.99. The Balaban J connectivity index is 1.30. The lowest BCUT2D eigenvalue weighted by atomic mass is 10.2. The van der Waals surface area contributed by atoms with Crippen molar-refractivity contribution in [2.75, 3.05) is 48.8 Å². The molecule has 3 aromatic rings. The second kappa shape index (κ2) is 11.2. The molecule has 0 unspecified atom stereocenters. The Hall–Kier alpha value is -4.28. The van der Waals surface area contributed by atoms with Gasteiger partial charge in [0.1, 0.15) is 11.6 Å². The van der Waals surface area contributed by atoms with Crippen molar-refractivity contribution in [1.29, 1.82) is 0 Å². The largest absolute Gasteiger partial charge is 0.497 e. The fraction of sp³-hybridized carbons (Fsp3) is 0.269. The lowest BCUT2D eigenvalue weighted by Crippen LogP contribution is -2.35. The SMILES string of the molecule is COc1ccc(C(=O)N2CCCN(c3ccc(NC(=O)Nc4ccc(C(F)(F)F)cc4)cn3)CC2)cc1. The van der Waals surface area contributed by atoms with Crippen LogP contribution in [0.1, 0.15) is 22.3 Å². The van der Waals surface area contributed by atoms with E-state index in [1.807, 2.05) is 4.90 Å². The van der Waals surface area contributed by atoms with Crippen LogP contribution in [0.4, 0.5) is 35.2 Å². The van der Waals surface area contributed by atoms with Crippen molar-refractivity contribution in [3.63, 3.8) is 0 Å². The van der Waals surface area contributed by atoms with Gasteiger partial charge >= 0.3 is 12.2 Å². The van der Waals surface area contributed by atoms with Crippen molar-refractivity contribution in [2.45, 2.75) is 12.6 Å². The molecule has 194 valence electrons. The molecule has 37 heavy (non-hydrogen) atoms. The molecule has 1 aliphatic rings. The number of pyridine rings is 1. The van der Waals surface area contributed by atoms with Crippen LogP contribution in [0.2, 0.25) is 0 Å². The molecule has 0 radical (unpaired) electrons. The first-order valence-corrected chi connectivity index (χ1v) is 11.6. The number of nitrogens with zero attached hydrogens (tertiary/aromatic N) is 3. The van der Waals surface area contributed by atoms with Crippen LogP contribution in [0.5, 0.6) is 5.75 Å². The molecule has 11 heteroatoms. The summed E-state index contributed by atoms with van der Waals surface area (Å²) in [5.74, 6) is 1.38. The van der Waals surface area contributed by atoms with E-state index in [1.165, 1.54) is 18.3 Å². The van der Waals surface area contributed by atoms with E-state index in [9.17, 15) is 22.8 Å². The molecule has 2 heterocycles. The van der Waals surface area contributed by atoms with Crippen LogP contribution < -0.4 is 20.3 Å². The summed E-state index contributed by atoms with van der Waals surface area (Å²) in [4.78, 5) is 33.4. The molecule has 1 fully saturated rings. The zero-order valence-electron chi connectivity index (χ0n) is 20.1. The van der Waals surface area contributed by atoms with Crippen LogP contribution in [0.15, 0.2) is 66.9 Å². The third-order valence-corrected chi connectivity index (χ3v) is 5.92. The highest BCUT2D eigenvalue weighted by Crippen LogP contribution is 2.30.